The summed E-state index contributed by atoms with van der Waals surface area (Å²) in [6.07, 6.45) is 4.95. The molecule has 2 aromatic heterocycles. The second kappa shape index (κ2) is 9.11. The van der Waals surface area contributed by atoms with E-state index in [2.05, 4.69) is 25.3 Å². The van der Waals surface area contributed by atoms with Crippen LogP contribution in [-0.2, 0) is 0 Å². The number of aryl methyl sites for hydroxylation is 1. The van der Waals surface area contributed by atoms with Crippen molar-refractivity contribution in [1.29, 1.82) is 0 Å². The van der Waals surface area contributed by atoms with Crippen molar-refractivity contribution >= 4 is 18.2 Å². The fraction of sp³-hybridized carbons (Fsp3) is 0.300. The highest BCUT2D eigenvalue weighted by Crippen LogP contribution is 2.37. The van der Waals surface area contributed by atoms with Crippen LogP contribution in [0.25, 0.3) is 11.1 Å². The number of nitrogens with two attached hydrogens (primary N) is 1. The van der Waals surface area contributed by atoms with E-state index in [0.29, 0.717) is 16.9 Å². The van der Waals surface area contributed by atoms with Crippen molar-refractivity contribution in [2.24, 2.45) is 0 Å². The number of hydrogen-bond acceptors (Lipinski definition) is 7. The van der Waals surface area contributed by atoms with Crippen molar-refractivity contribution < 1.29 is 9.13 Å². The molecule has 0 atom stereocenters. The number of ether oxygens (including phenoxy) is 1. The van der Waals surface area contributed by atoms with Gasteiger partial charge in [0, 0.05) is 23.4 Å². The number of nitrogens with one attached hydrogen (secondary N) is 1. The molecule has 7 nitrogen and oxygen atoms in total. The molecule has 29 heavy (non-hydrogen) atoms. The number of benzene rings is 1. The first-order chi connectivity index (χ1) is 13.6. The summed E-state index contributed by atoms with van der Waals surface area (Å²) in [6, 6.07) is 6.55. The van der Waals surface area contributed by atoms with Gasteiger partial charge in [-0.25, -0.2) is 24.3 Å². The molecule has 1 saturated heterocycles. The fourth-order valence-corrected chi connectivity index (χ4v) is 3.43. The minimum Gasteiger partial charge on any atom is -0.421 e. The second-order valence-corrected chi connectivity index (χ2v) is 6.77. The first kappa shape index (κ1) is 20.9. The normalized spacial score (nSPS) is 14.3. The molecule has 3 aromatic rings. The van der Waals surface area contributed by atoms with Crippen LogP contribution in [0.2, 0.25) is 0 Å². The average Bonchev–Trinajstić information content (AvgIpc) is 2.70. The van der Waals surface area contributed by atoms with Crippen molar-refractivity contribution in [2.75, 3.05) is 18.8 Å². The highest BCUT2D eigenvalue weighted by Gasteiger charge is 2.23. The summed E-state index contributed by atoms with van der Waals surface area (Å²) in [5, 5.41) is 3.34. The monoisotopic (exact) mass is 416 g/mol. The Bertz CT molecular complexity index is 996. The van der Waals surface area contributed by atoms with E-state index in [1.807, 2.05) is 6.92 Å². The summed E-state index contributed by atoms with van der Waals surface area (Å²) >= 11 is 0. The third-order valence-corrected chi connectivity index (χ3v) is 4.83. The Morgan fingerprint density at radius 2 is 1.93 bits per heavy atom. The largest absolute Gasteiger partial charge is 0.421 e. The third kappa shape index (κ3) is 4.60. The Morgan fingerprint density at radius 3 is 2.66 bits per heavy atom. The average molecular weight is 417 g/mol. The Kier molecular flexibility index (Phi) is 6.56. The van der Waals surface area contributed by atoms with Gasteiger partial charge >= 0.3 is 6.01 Å². The van der Waals surface area contributed by atoms with E-state index in [9.17, 15) is 4.39 Å². The van der Waals surface area contributed by atoms with Gasteiger partial charge in [0.25, 0.3) is 0 Å². The summed E-state index contributed by atoms with van der Waals surface area (Å²) in [5.74, 6) is 0.134. The molecule has 0 saturated carbocycles. The van der Waals surface area contributed by atoms with Crippen molar-refractivity contribution in [3.8, 4) is 22.9 Å². The highest BCUT2D eigenvalue weighted by atomic mass is 35.5. The lowest BCUT2D eigenvalue weighted by molar-refractivity contribution is 0.410. The minimum atomic E-state index is -0.526. The number of hydrogen-bond donors (Lipinski definition) is 2. The number of anilines is 1. The van der Waals surface area contributed by atoms with Crippen LogP contribution in [0.1, 0.15) is 30.1 Å². The van der Waals surface area contributed by atoms with E-state index in [-0.39, 0.29) is 30.1 Å². The third-order valence-electron chi connectivity index (χ3n) is 4.83. The van der Waals surface area contributed by atoms with Crippen LogP contribution < -0.4 is 15.8 Å². The summed E-state index contributed by atoms with van der Waals surface area (Å²) in [7, 11) is 0. The lowest BCUT2D eigenvalue weighted by atomic mass is 9.89. The standard InChI is InChI=1S/C20H21FN6O.ClH/c1-12-4-9-24-20(27-12)28-16-3-2-14(10-15(16)21)17-18(25-11-26-19(17)22)13-5-7-23-8-6-13;/h2-4,9-11,13,23H,5-8H2,1H3,(H2,22,25,26);1H. The number of nitrogen functional groups attached to an aromatic ring is 1. The van der Waals surface area contributed by atoms with Crippen LogP contribution in [0.15, 0.2) is 36.8 Å². The lowest BCUT2D eigenvalue weighted by Crippen LogP contribution is -2.27. The number of piperidine rings is 1. The molecular formula is C20H22ClFN6O. The number of rotatable bonds is 4. The maximum absolute atomic E-state index is 14.8. The topological polar surface area (TPSA) is 98.8 Å². The molecule has 0 bridgehead atoms. The van der Waals surface area contributed by atoms with Gasteiger partial charge in [0.15, 0.2) is 11.6 Å². The Morgan fingerprint density at radius 1 is 1.14 bits per heavy atom. The van der Waals surface area contributed by atoms with Crippen LogP contribution in [0.3, 0.4) is 0 Å². The van der Waals surface area contributed by atoms with Crippen LogP contribution in [0, 0.1) is 12.7 Å². The molecule has 0 radical (unpaired) electrons. The molecule has 1 aliphatic rings. The molecule has 1 aromatic carbocycles. The van der Waals surface area contributed by atoms with Gasteiger partial charge in [-0.2, -0.15) is 0 Å². The summed E-state index contributed by atoms with van der Waals surface area (Å²) in [4.78, 5) is 16.7. The Labute approximate surface area is 174 Å². The van der Waals surface area contributed by atoms with E-state index < -0.39 is 5.82 Å². The van der Waals surface area contributed by atoms with E-state index in [0.717, 1.165) is 37.3 Å². The lowest BCUT2D eigenvalue weighted by Gasteiger charge is -2.24. The molecule has 0 amide bonds. The van der Waals surface area contributed by atoms with Gasteiger partial charge in [-0.05, 0) is 56.6 Å². The highest BCUT2D eigenvalue weighted by molar-refractivity contribution is 5.85. The molecule has 152 valence electrons. The molecule has 3 N–H and O–H groups in total. The molecule has 0 unspecified atom stereocenters. The second-order valence-electron chi connectivity index (χ2n) is 6.77. The van der Waals surface area contributed by atoms with E-state index >= 15 is 0 Å². The summed E-state index contributed by atoms with van der Waals surface area (Å²) < 4.78 is 20.2. The van der Waals surface area contributed by atoms with Crippen LogP contribution in [0.4, 0.5) is 10.2 Å². The van der Waals surface area contributed by atoms with Gasteiger partial charge in [-0.15, -0.1) is 12.4 Å². The molecule has 4 rings (SSSR count). The maximum Gasteiger partial charge on any atom is 0.322 e. The molecule has 0 aliphatic carbocycles. The SMILES string of the molecule is Cc1ccnc(Oc2ccc(-c3c(N)ncnc3C3CCNCC3)cc2F)n1.Cl. The van der Waals surface area contributed by atoms with E-state index in [1.165, 1.54) is 12.4 Å². The molecule has 0 spiro atoms. The zero-order chi connectivity index (χ0) is 19.5. The predicted octanol–water partition coefficient (Wildman–Crippen LogP) is 3.64. The molecule has 3 heterocycles. The first-order valence-electron chi connectivity index (χ1n) is 9.20. The Balaban J connectivity index is 0.00000240. The zero-order valence-electron chi connectivity index (χ0n) is 15.9. The maximum atomic E-state index is 14.8. The summed E-state index contributed by atoms with van der Waals surface area (Å²) in [5.41, 5.74) is 9.06. The number of nitrogens with zero attached hydrogens (tertiary/aromatic N) is 4. The van der Waals surface area contributed by atoms with Crippen LogP contribution in [0.5, 0.6) is 11.8 Å². The smallest absolute Gasteiger partial charge is 0.322 e. The van der Waals surface area contributed by atoms with Gasteiger partial charge in [-0.1, -0.05) is 6.07 Å². The first-order valence-corrected chi connectivity index (χ1v) is 9.20. The minimum absolute atomic E-state index is 0. The van der Waals surface area contributed by atoms with Crippen LogP contribution in [-0.4, -0.2) is 33.0 Å². The van der Waals surface area contributed by atoms with Gasteiger partial charge in [0.1, 0.15) is 12.1 Å². The van der Waals surface area contributed by atoms with Crippen molar-refractivity contribution in [3.05, 3.63) is 54.0 Å². The summed E-state index contributed by atoms with van der Waals surface area (Å²) in [6.45, 7) is 3.66. The predicted molar refractivity (Wildman–Crippen MR) is 111 cm³/mol. The molecule has 1 aliphatic heterocycles. The van der Waals surface area contributed by atoms with Gasteiger partial charge < -0.3 is 15.8 Å². The Hall–Kier alpha value is -2.84. The number of aromatic nitrogens is 4. The van der Waals surface area contributed by atoms with E-state index in [4.69, 9.17) is 10.5 Å². The van der Waals surface area contributed by atoms with Gasteiger partial charge in [-0.3, -0.25) is 0 Å². The van der Waals surface area contributed by atoms with Gasteiger partial charge in [0.2, 0.25) is 0 Å². The zero-order valence-corrected chi connectivity index (χ0v) is 16.7. The molecule has 1 fully saturated rings. The van der Waals surface area contributed by atoms with Crippen molar-refractivity contribution in [2.45, 2.75) is 25.7 Å². The van der Waals surface area contributed by atoms with Gasteiger partial charge in [0.05, 0.1) is 5.69 Å². The molecule has 9 heteroatoms. The quantitative estimate of drug-likeness (QED) is 0.669. The van der Waals surface area contributed by atoms with Crippen molar-refractivity contribution in [1.82, 2.24) is 25.3 Å². The number of halogens is 2. The van der Waals surface area contributed by atoms with Crippen LogP contribution >= 0.6 is 12.4 Å². The fourth-order valence-electron chi connectivity index (χ4n) is 3.43. The van der Waals surface area contributed by atoms with Crippen molar-refractivity contribution in [3.63, 3.8) is 0 Å². The molecular weight excluding hydrogens is 395 g/mol. The van der Waals surface area contributed by atoms with E-state index in [1.54, 1.807) is 24.4 Å².